The van der Waals surface area contributed by atoms with Crippen LogP contribution in [0.4, 0.5) is 0 Å². The van der Waals surface area contributed by atoms with Crippen LogP contribution in [-0.4, -0.2) is 33.5 Å². The molecule has 0 bridgehead atoms. The van der Waals surface area contributed by atoms with Crippen molar-refractivity contribution in [2.45, 2.75) is 11.3 Å². The number of halogens is 1. The van der Waals surface area contributed by atoms with E-state index in [1.165, 1.54) is 23.1 Å². The molecule has 0 saturated carbocycles. The van der Waals surface area contributed by atoms with Gasteiger partial charge < -0.3 is 4.74 Å². The number of nitrogens with zero attached hydrogens (tertiary/aromatic N) is 3. The van der Waals surface area contributed by atoms with Crippen molar-refractivity contribution in [3.8, 4) is 0 Å². The molecule has 0 spiro atoms. The molecule has 90 valence electrons. The molecule has 8 heteroatoms. The Morgan fingerprint density at radius 2 is 2.47 bits per heavy atom. The lowest BCUT2D eigenvalue weighted by atomic mass is 10.5. The minimum Gasteiger partial charge on any atom is -0.465 e. The Balaban J connectivity index is 2.10. The van der Waals surface area contributed by atoms with E-state index in [0.717, 1.165) is 9.04 Å². The van der Waals surface area contributed by atoms with Crippen molar-refractivity contribution in [3.05, 3.63) is 11.3 Å². The predicted octanol–water partition coefficient (Wildman–Crippen LogP) is 2.39. The van der Waals surface area contributed by atoms with E-state index < -0.39 is 0 Å². The van der Waals surface area contributed by atoms with Gasteiger partial charge in [0.25, 0.3) is 0 Å². The van der Waals surface area contributed by atoms with E-state index in [4.69, 9.17) is 16.3 Å². The summed E-state index contributed by atoms with van der Waals surface area (Å²) >= 11 is 8.60. The fraction of sp³-hybridized carbons (Fsp3) is 0.333. The second-order valence-corrected chi connectivity index (χ2v) is 5.53. The third kappa shape index (κ3) is 3.05. The maximum absolute atomic E-state index is 11.2. The maximum atomic E-state index is 11.2. The summed E-state index contributed by atoms with van der Waals surface area (Å²) in [4.78, 5) is 15.5. The van der Waals surface area contributed by atoms with E-state index in [0.29, 0.717) is 12.1 Å². The number of thiazole rings is 1. The molecule has 2 heterocycles. The summed E-state index contributed by atoms with van der Waals surface area (Å²) in [6.07, 6.45) is 1.60. The fourth-order valence-electron chi connectivity index (χ4n) is 1.11. The van der Waals surface area contributed by atoms with E-state index in [-0.39, 0.29) is 16.9 Å². The zero-order valence-electron chi connectivity index (χ0n) is 8.84. The van der Waals surface area contributed by atoms with E-state index >= 15 is 0 Å². The molecule has 0 aliphatic rings. The van der Waals surface area contributed by atoms with Crippen molar-refractivity contribution in [2.24, 2.45) is 0 Å². The molecule has 2 aromatic heterocycles. The van der Waals surface area contributed by atoms with Gasteiger partial charge in [-0.3, -0.25) is 4.79 Å². The molecule has 17 heavy (non-hydrogen) atoms. The molecule has 0 aliphatic heterocycles. The molecule has 0 aliphatic carbocycles. The van der Waals surface area contributed by atoms with Crippen LogP contribution >= 0.6 is 34.7 Å². The van der Waals surface area contributed by atoms with Crippen molar-refractivity contribution in [1.82, 2.24) is 15.2 Å². The minimum absolute atomic E-state index is 0.242. The zero-order valence-corrected chi connectivity index (χ0v) is 11.2. The Labute approximate surface area is 111 Å². The van der Waals surface area contributed by atoms with Gasteiger partial charge in [-0.15, -0.1) is 16.4 Å². The third-order valence-corrected chi connectivity index (χ3v) is 4.13. The van der Waals surface area contributed by atoms with Gasteiger partial charge in [0.2, 0.25) is 0 Å². The lowest BCUT2D eigenvalue weighted by Gasteiger charge is -1.98. The molecule has 2 rings (SSSR count). The van der Waals surface area contributed by atoms with Gasteiger partial charge in [0, 0.05) is 0 Å². The highest BCUT2D eigenvalue weighted by atomic mass is 35.5. The SMILES string of the molecule is CCOC(=O)CSc1nc2c(Cl)nncc2s1. The van der Waals surface area contributed by atoms with Gasteiger partial charge in [-0.05, 0) is 6.92 Å². The van der Waals surface area contributed by atoms with Crippen molar-refractivity contribution >= 4 is 50.9 Å². The van der Waals surface area contributed by atoms with Gasteiger partial charge in [-0.2, -0.15) is 5.10 Å². The standard InChI is InChI=1S/C9H8ClN3O2S2/c1-2-15-6(14)4-16-9-12-7-5(17-9)3-11-13-8(7)10/h3H,2,4H2,1H3. The van der Waals surface area contributed by atoms with Crippen molar-refractivity contribution in [1.29, 1.82) is 0 Å². The van der Waals surface area contributed by atoms with Gasteiger partial charge in [-0.1, -0.05) is 23.4 Å². The number of fused-ring (bicyclic) bond motifs is 1. The molecule has 0 radical (unpaired) electrons. The van der Waals surface area contributed by atoms with E-state index in [1.807, 2.05) is 0 Å². The second-order valence-electron chi connectivity index (χ2n) is 2.92. The van der Waals surface area contributed by atoms with Gasteiger partial charge in [0.15, 0.2) is 9.49 Å². The molecule has 0 saturated heterocycles. The Morgan fingerprint density at radius 1 is 1.65 bits per heavy atom. The number of esters is 1. The first-order chi connectivity index (χ1) is 8.20. The largest absolute Gasteiger partial charge is 0.465 e. The Morgan fingerprint density at radius 3 is 3.18 bits per heavy atom. The van der Waals surface area contributed by atoms with Crippen molar-refractivity contribution in [3.63, 3.8) is 0 Å². The van der Waals surface area contributed by atoms with Crippen molar-refractivity contribution < 1.29 is 9.53 Å². The van der Waals surface area contributed by atoms with Crippen LogP contribution in [0.3, 0.4) is 0 Å². The highest BCUT2D eigenvalue weighted by molar-refractivity contribution is 8.01. The molecular weight excluding hydrogens is 282 g/mol. The van der Waals surface area contributed by atoms with Gasteiger partial charge in [0.1, 0.15) is 5.52 Å². The number of aromatic nitrogens is 3. The zero-order chi connectivity index (χ0) is 12.3. The molecule has 0 atom stereocenters. The quantitative estimate of drug-likeness (QED) is 0.636. The normalized spacial score (nSPS) is 10.7. The maximum Gasteiger partial charge on any atom is 0.316 e. The Kier molecular flexibility index (Phi) is 4.14. The summed E-state index contributed by atoms with van der Waals surface area (Å²) < 4.78 is 6.44. The molecule has 0 aromatic carbocycles. The second kappa shape index (κ2) is 5.61. The number of carbonyl (C=O) groups excluding carboxylic acids is 1. The van der Waals surface area contributed by atoms with Crippen LogP contribution in [0.15, 0.2) is 10.5 Å². The van der Waals surface area contributed by atoms with Crippen LogP contribution in [0.5, 0.6) is 0 Å². The number of thioether (sulfide) groups is 1. The summed E-state index contributed by atoms with van der Waals surface area (Å²) in [5.41, 5.74) is 0.623. The van der Waals surface area contributed by atoms with Crippen LogP contribution in [0.1, 0.15) is 6.92 Å². The van der Waals surface area contributed by atoms with E-state index in [1.54, 1.807) is 13.1 Å². The highest BCUT2D eigenvalue weighted by Gasteiger charge is 2.11. The Hall–Kier alpha value is -0.920. The average molecular weight is 290 g/mol. The van der Waals surface area contributed by atoms with E-state index in [9.17, 15) is 4.79 Å². The predicted molar refractivity (Wildman–Crippen MR) is 67.6 cm³/mol. The molecule has 0 N–H and O–H groups in total. The minimum atomic E-state index is -0.251. The molecule has 0 fully saturated rings. The van der Waals surface area contributed by atoms with Gasteiger partial charge >= 0.3 is 5.97 Å². The number of ether oxygens (including phenoxy) is 1. The highest BCUT2D eigenvalue weighted by Crippen LogP contribution is 2.31. The van der Waals surface area contributed by atoms with Crippen molar-refractivity contribution in [2.75, 3.05) is 12.4 Å². The molecule has 2 aromatic rings. The summed E-state index contributed by atoms with van der Waals surface area (Å²) in [6.45, 7) is 2.16. The number of hydrogen-bond donors (Lipinski definition) is 0. The van der Waals surface area contributed by atoms with Crippen LogP contribution in [-0.2, 0) is 9.53 Å². The Bertz CT molecular complexity index is 546. The first-order valence-electron chi connectivity index (χ1n) is 4.77. The summed E-state index contributed by atoms with van der Waals surface area (Å²) in [5, 5.41) is 7.72. The van der Waals surface area contributed by atoms with Crippen LogP contribution < -0.4 is 0 Å². The first-order valence-corrected chi connectivity index (χ1v) is 6.95. The van der Waals surface area contributed by atoms with Gasteiger partial charge in [0.05, 0.1) is 23.3 Å². The molecular formula is C9H8ClN3O2S2. The topological polar surface area (TPSA) is 65.0 Å². The lowest BCUT2D eigenvalue weighted by molar-refractivity contribution is -0.139. The molecule has 5 nitrogen and oxygen atoms in total. The monoisotopic (exact) mass is 289 g/mol. The molecule has 0 unspecified atom stereocenters. The van der Waals surface area contributed by atoms with E-state index in [2.05, 4.69) is 15.2 Å². The first kappa shape index (κ1) is 12.5. The fourth-order valence-corrected chi connectivity index (χ4v) is 3.18. The van der Waals surface area contributed by atoms with Crippen LogP contribution in [0, 0.1) is 0 Å². The smallest absolute Gasteiger partial charge is 0.316 e. The lowest BCUT2D eigenvalue weighted by Crippen LogP contribution is -2.06. The summed E-state index contributed by atoms with van der Waals surface area (Å²) in [7, 11) is 0. The van der Waals surface area contributed by atoms with Crippen LogP contribution in [0.25, 0.3) is 10.2 Å². The third-order valence-electron chi connectivity index (χ3n) is 1.77. The number of hydrogen-bond acceptors (Lipinski definition) is 7. The van der Waals surface area contributed by atoms with Gasteiger partial charge in [-0.25, -0.2) is 4.98 Å². The summed E-state index contributed by atoms with van der Waals surface area (Å²) in [6, 6.07) is 0. The summed E-state index contributed by atoms with van der Waals surface area (Å²) in [5.74, 6) is -0.00863. The number of carbonyl (C=O) groups is 1. The molecule has 0 amide bonds. The average Bonchev–Trinajstić information content (AvgIpc) is 2.71. The number of rotatable bonds is 4. The van der Waals surface area contributed by atoms with Crippen LogP contribution in [0.2, 0.25) is 5.15 Å².